The van der Waals surface area contributed by atoms with Gasteiger partial charge in [-0.3, -0.25) is 9.69 Å². The summed E-state index contributed by atoms with van der Waals surface area (Å²) in [7, 11) is 4.09. The molecule has 1 amide bonds. The fourth-order valence-corrected chi connectivity index (χ4v) is 3.00. The topological polar surface area (TPSA) is 35.6 Å². The van der Waals surface area contributed by atoms with Gasteiger partial charge in [0.15, 0.2) is 0 Å². The van der Waals surface area contributed by atoms with Crippen LogP contribution in [-0.2, 0) is 11.2 Å². The Kier molecular flexibility index (Phi) is 4.74. The molecule has 5 heteroatoms. The van der Waals surface area contributed by atoms with Gasteiger partial charge in [-0.1, -0.05) is 6.07 Å². The average Bonchev–Trinajstić information content (AvgIpc) is 2.85. The van der Waals surface area contributed by atoms with Crippen molar-refractivity contribution in [3.8, 4) is 0 Å². The molecule has 0 spiro atoms. The lowest BCUT2D eigenvalue weighted by molar-refractivity contribution is -0.133. The van der Waals surface area contributed by atoms with E-state index in [1.807, 2.05) is 29.5 Å². The maximum Gasteiger partial charge on any atom is 0.227 e. The standard InChI is InChI=1S/C13H21N3OS/c1-14-9-11-10-16(6-5-15(11)2)13(17)8-12-4-3-7-18-12/h3-4,7,11,14H,5-6,8-10H2,1-2H3. The number of nitrogens with zero attached hydrogens (tertiary/aromatic N) is 2. The predicted molar refractivity (Wildman–Crippen MR) is 74.9 cm³/mol. The van der Waals surface area contributed by atoms with Gasteiger partial charge < -0.3 is 10.2 Å². The van der Waals surface area contributed by atoms with Crippen molar-refractivity contribution in [2.45, 2.75) is 12.5 Å². The van der Waals surface area contributed by atoms with Crippen molar-refractivity contribution < 1.29 is 4.79 Å². The molecule has 1 N–H and O–H groups in total. The first-order valence-corrected chi connectivity index (χ1v) is 7.23. The van der Waals surface area contributed by atoms with Crippen molar-refractivity contribution >= 4 is 17.2 Å². The molecule has 2 rings (SSSR count). The molecule has 1 aromatic heterocycles. The number of thiophene rings is 1. The van der Waals surface area contributed by atoms with Gasteiger partial charge in [-0.05, 0) is 25.5 Å². The van der Waals surface area contributed by atoms with Crippen molar-refractivity contribution in [3.05, 3.63) is 22.4 Å². The minimum atomic E-state index is 0.256. The molecule has 100 valence electrons. The highest BCUT2D eigenvalue weighted by molar-refractivity contribution is 7.10. The summed E-state index contributed by atoms with van der Waals surface area (Å²) in [6, 6.07) is 4.46. The van der Waals surface area contributed by atoms with E-state index in [1.54, 1.807) is 11.3 Å². The van der Waals surface area contributed by atoms with E-state index in [9.17, 15) is 4.79 Å². The Hall–Kier alpha value is -0.910. The van der Waals surface area contributed by atoms with Gasteiger partial charge in [-0.15, -0.1) is 11.3 Å². The molecule has 1 saturated heterocycles. The summed E-state index contributed by atoms with van der Waals surface area (Å²) in [5, 5.41) is 5.22. The van der Waals surface area contributed by atoms with Crippen molar-refractivity contribution in [2.75, 3.05) is 40.3 Å². The third-order valence-corrected chi connectivity index (χ3v) is 4.35. The van der Waals surface area contributed by atoms with E-state index in [0.29, 0.717) is 12.5 Å². The Bertz CT molecular complexity index is 380. The summed E-state index contributed by atoms with van der Waals surface area (Å²) >= 11 is 1.66. The minimum Gasteiger partial charge on any atom is -0.339 e. The number of carbonyl (C=O) groups excluding carboxylic acids is 1. The summed E-state index contributed by atoms with van der Waals surface area (Å²) in [6.07, 6.45) is 0.549. The monoisotopic (exact) mass is 267 g/mol. The third-order valence-electron chi connectivity index (χ3n) is 3.48. The van der Waals surface area contributed by atoms with Crippen LogP contribution in [-0.4, -0.2) is 62.0 Å². The number of hydrogen-bond donors (Lipinski definition) is 1. The Morgan fingerprint density at radius 1 is 1.56 bits per heavy atom. The Morgan fingerprint density at radius 3 is 3.06 bits per heavy atom. The Morgan fingerprint density at radius 2 is 2.39 bits per heavy atom. The summed E-state index contributed by atoms with van der Waals surface area (Å²) in [4.78, 5) is 17.7. The second-order valence-electron chi connectivity index (χ2n) is 4.79. The quantitative estimate of drug-likeness (QED) is 0.870. The maximum absolute atomic E-state index is 12.2. The van der Waals surface area contributed by atoms with Crippen molar-refractivity contribution in [1.29, 1.82) is 0 Å². The van der Waals surface area contributed by atoms with Gasteiger partial charge in [0.1, 0.15) is 0 Å². The van der Waals surface area contributed by atoms with Crippen molar-refractivity contribution in [1.82, 2.24) is 15.1 Å². The van der Waals surface area contributed by atoms with Gasteiger partial charge >= 0.3 is 0 Å². The van der Waals surface area contributed by atoms with Crippen molar-refractivity contribution in [3.63, 3.8) is 0 Å². The number of hydrogen-bond acceptors (Lipinski definition) is 4. The molecule has 0 aliphatic carbocycles. The summed E-state index contributed by atoms with van der Waals surface area (Å²) in [6.45, 7) is 3.57. The number of rotatable bonds is 4. The third kappa shape index (κ3) is 3.31. The molecule has 0 bridgehead atoms. The highest BCUT2D eigenvalue weighted by Gasteiger charge is 2.26. The van der Waals surface area contributed by atoms with Gasteiger partial charge in [0.2, 0.25) is 5.91 Å². The first-order valence-electron chi connectivity index (χ1n) is 6.35. The SMILES string of the molecule is CNCC1CN(C(=O)Cc2cccs2)CCN1C. The smallest absolute Gasteiger partial charge is 0.227 e. The van der Waals surface area contributed by atoms with Crippen molar-refractivity contribution in [2.24, 2.45) is 0 Å². The van der Waals surface area contributed by atoms with E-state index in [4.69, 9.17) is 0 Å². The molecule has 0 aromatic carbocycles. The van der Waals surface area contributed by atoms with Crippen LogP contribution in [0.1, 0.15) is 4.88 Å². The molecule has 1 atom stereocenters. The number of likely N-dealkylation sites (N-methyl/N-ethyl adjacent to an activating group) is 2. The fourth-order valence-electron chi connectivity index (χ4n) is 2.30. The van der Waals surface area contributed by atoms with Crippen LogP contribution in [0.25, 0.3) is 0 Å². The fraction of sp³-hybridized carbons (Fsp3) is 0.615. The molecule has 2 heterocycles. The second-order valence-corrected chi connectivity index (χ2v) is 5.82. The number of amides is 1. The first kappa shape index (κ1) is 13.5. The van der Waals surface area contributed by atoms with Crippen LogP contribution in [0.15, 0.2) is 17.5 Å². The zero-order valence-corrected chi connectivity index (χ0v) is 11.9. The maximum atomic E-state index is 12.2. The van der Waals surface area contributed by atoms with E-state index in [-0.39, 0.29) is 5.91 Å². The van der Waals surface area contributed by atoms with Crippen LogP contribution in [0.5, 0.6) is 0 Å². The van der Waals surface area contributed by atoms with E-state index in [2.05, 4.69) is 17.3 Å². The molecule has 0 saturated carbocycles. The van der Waals surface area contributed by atoms with Gasteiger partial charge in [0.05, 0.1) is 6.42 Å². The zero-order chi connectivity index (χ0) is 13.0. The summed E-state index contributed by atoms with van der Waals surface area (Å²) in [5.74, 6) is 0.256. The van der Waals surface area contributed by atoms with E-state index < -0.39 is 0 Å². The van der Waals surface area contributed by atoms with Gasteiger partial charge in [0, 0.05) is 37.1 Å². The zero-order valence-electron chi connectivity index (χ0n) is 11.1. The molecule has 1 aliphatic rings. The van der Waals surface area contributed by atoms with Gasteiger partial charge in [-0.25, -0.2) is 0 Å². The Balaban J connectivity index is 1.90. The van der Waals surface area contributed by atoms with E-state index >= 15 is 0 Å². The van der Waals surface area contributed by atoms with Crippen LogP contribution in [0.4, 0.5) is 0 Å². The highest BCUT2D eigenvalue weighted by Crippen LogP contribution is 2.13. The molecule has 1 fully saturated rings. The highest BCUT2D eigenvalue weighted by atomic mass is 32.1. The number of nitrogens with one attached hydrogen (secondary N) is 1. The van der Waals surface area contributed by atoms with Crippen LogP contribution in [0.3, 0.4) is 0 Å². The predicted octanol–water partition coefficient (Wildman–Crippen LogP) is 0.653. The van der Waals surface area contributed by atoms with Crippen LogP contribution in [0, 0.1) is 0 Å². The molecule has 0 radical (unpaired) electrons. The van der Waals surface area contributed by atoms with Crippen LogP contribution in [0.2, 0.25) is 0 Å². The second kappa shape index (κ2) is 6.31. The number of piperazine rings is 1. The average molecular weight is 267 g/mol. The van der Waals surface area contributed by atoms with Gasteiger partial charge in [0.25, 0.3) is 0 Å². The van der Waals surface area contributed by atoms with Gasteiger partial charge in [-0.2, -0.15) is 0 Å². The van der Waals surface area contributed by atoms with Crippen LogP contribution >= 0.6 is 11.3 Å². The first-order chi connectivity index (χ1) is 8.70. The molecule has 18 heavy (non-hydrogen) atoms. The Labute approximate surface area is 113 Å². The minimum absolute atomic E-state index is 0.256. The molecule has 1 aliphatic heterocycles. The molecule has 1 aromatic rings. The lowest BCUT2D eigenvalue weighted by Gasteiger charge is -2.39. The van der Waals surface area contributed by atoms with E-state index in [1.165, 1.54) is 0 Å². The lowest BCUT2D eigenvalue weighted by Crippen LogP contribution is -2.56. The summed E-state index contributed by atoms with van der Waals surface area (Å²) in [5.41, 5.74) is 0. The number of carbonyl (C=O) groups is 1. The lowest BCUT2D eigenvalue weighted by atomic mass is 10.1. The largest absolute Gasteiger partial charge is 0.339 e. The van der Waals surface area contributed by atoms with Crippen LogP contribution < -0.4 is 5.32 Å². The molecule has 4 nitrogen and oxygen atoms in total. The van der Waals surface area contributed by atoms with E-state index in [0.717, 1.165) is 31.1 Å². The normalized spacial score (nSPS) is 21.2. The molecule has 1 unspecified atom stereocenters. The molecular weight excluding hydrogens is 246 g/mol. The molecular formula is C13H21N3OS. The summed E-state index contributed by atoms with van der Waals surface area (Å²) < 4.78 is 0.